The smallest absolute Gasteiger partial charge is 0.230 e. The first-order chi connectivity index (χ1) is 5.75. The molecule has 1 aromatic rings. The van der Waals surface area contributed by atoms with E-state index >= 15 is 0 Å². The van der Waals surface area contributed by atoms with Crippen LogP contribution in [0.3, 0.4) is 0 Å². The van der Waals surface area contributed by atoms with Gasteiger partial charge < -0.3 is 15.7 Å². The van der Waals surface area contributed by atoms with Gasteiger partial charge in [0.2, 0.25) is 11.9 Å². The molecule has 0 spiro atoms. The highest BCUT2D eigenvalue weighted by Crippen LogP contribution is 2.14. The summed E-state index contributed by atoms with van der Waals surface area (Å²) in [6, 6.07) is 0. The van der Waals surface area contributed by atoms with Crippen LogP contribution in [0.5, 0.6) is 0 Å². The number of anilines is 2. The minimum Gasteiger partial charge on any atom is -0.389 e. The van der Waals surface area contributed by atoms with E-state index in [1.807, 2.05) is 4.90 Å². The van der Waals surface area contributed by atoms with Crippen LogP contribution in [-0.2, 0) is 0 Å². The summed E-state index contributed by atoms with van der Waals surface area (Å²) in [6.07, 6.45) is 1.10. The predicted octanol–water partition coefficient (Wildman–Crippen LogP) is -1.37. The third-order valence-electron chi connectivity index (χ3n) is 1.72. The van der Waals surface area contributed by atoms with Gasteiger partial charge in [-0.05, 0) is 0 Å². The number of aliphatic hydroxyl groups is 1. The van der Waals surface area contributed by atoms with Crippen LogP contribution in [-0.4, -0.2) is 39.3 Å². The normalized spacial score (nSPS) is 17.6. The zero-order chi connectivity index (χ0) is 8.55. The monoisotopic (exact) mass is 167 g/mol. The highest BCUT2D eigenvalue weighted by atomic mass is 16.3. The molecule has 1 saturated heterocycles. The molecule has 0 bridgehead atoms. The zero-order valence-corrected chi connectivity index (χ0v) is 6.38. The lowest BCUT2D eigenvalue weighted by Gasteiger charge is -2.35. The summed E-state index contributed by atoms with van der Waals surface area (Å²) >= 11 is 0. The first-order valence-corrected chi connectivity index (χ1v) is 3.63. The van der Waals surface area contributed by atoms with Crippen LogP contribution < -0.4 is 10.6 Å². The molecule has 6 heteroatoms. The molecule has 0 atom stereocenters. The van der Waals surface area contributed by atoms with E-state index in [1.165, 1.54) is 6.33 Å². The average Bonchev–Trinajstić information content (AvgIpc) is 1.99. The van der Waals surface area contributed by atoms with Crippen molar-refractivity contribution in [1.29, 1.82) is 0 Å². The quantitative estimate of drug-likeness (QED) is 0.536. The molecule has 0 aliphatic carbocycles. The molecule has 0 radical (unpaired) electrons. The Hall–Kier alpha value is -1.43. The zero-order valence-electron chi connectivity index (χ0n) is 6.38. The number of nitrogen functional groups attached to an aromatic ring is 1. The van der Waals surface area contributed by atoms with Gasteiger partial charge in [0.1, 0.15) is 6.33 Å². The standard InChI is InChI=1S/C6H9N5O/c7-5-8-3-9-6(10-5)11-1-4(12)2-11/h3-4,12H,1-2H2,(H2,7,8,9,10). The van der Waals surface area contributed by atoms with E-state index in [9.17, 15) is 0 Å². The number of β-amino-alcohol motifs (C(OH)–C–C–N with tert-alkyl or cyclic N) is 1. The van der Waals surface area contributed by atoms with Crippen molar-refractivity contribution in [1.82, 2.24) is 15.0 Å². The van der Waals surface area contributed by atoms with Gasteiger partial charge in [-0.3, -0.25) is 0 Å². The number of hydrogen-bond donors (Lipinski definition) is 2. The third-order valence-corrected chi connectivity index (χ3v) is 1.72. The minimum absolute atomic E-state index is 0.210. The van der Waals surface area contributed by atoms with Crippen molar-refractivity contribution in [2.75, 3.05) is 23.7 Å². The second kappa shape index (κ2) is 2.56. The summed E-state index contributed by atoms with van der Waals surface area (Å²) in [4.78, 5) is 13.3. The van der Waals surface area contributed by atoms with Crippen LogP contribution in [0.2, 0.25) is 0 Å². The lowest BCUT2D eigenvalue weighted by molar-refractivity contribution is 0.140. The highest BCUT2D eigenvalue weighted by molar-refractivity contribution is 5.36. The molecule has 1 fully saturated rings. The Morgan fingerprint density at radius 3 is 2.83 bits per heavy atom. The van der Waals surface area contributed by atoms with Gasteiger partial charge in [0, 0.05) is 13.1 Å². The molecule has 6 nitrogen and oxygen atoms in total. The number of aliphatic hydroxyl groups excluding tert-OH is 1. The summed E-state index contributed by atoms with van der Waals surface area (Å²) in [5, 5.41) is 9.00. The maximum Gasteiger partial charge on any atom is 0.230 e. The summed E-state index contributed by atoms with van der Waals surface area (Å²) in [6.45, 7) is 1.15. The van der Waals surface area contributed by atoms with E-state index in [0.29, 0.717) is 19.0 Å². The third kappa shape index (κ3) is 1.16. The molecule has 1 aliphatic heterocycles. The van der Waals surface area contributed by atoms with Gasteiger partial charge >= 0.3 is 0 Å². The second-order valence-corrected chi connectivity index (χ2v) is 2.70. The molecule has 2 rings (SSSR count). The second-order valence-electron chi connectivity index (χ2n) is 2.70. The van der Waals surface area contributed by atoms with Crippen molar-refractivity contribution < 1.29 is 5.11 Å². The van der Waals surface area contributed by atoms with Crippen LogP contribution in [0.25, 0.3) is 0 Å². The van der Waals surface area contributed by atoms with E-state index in [1.54, 1.807) is 0 Å². The average molecular weight is 167 g/mol. The molecule has 0 amide bonds. The molecular weight excluding hydrogens is 158 g/mol. The summed E-state index contributed by atoms with van der Waals surface area (Å²) in [5.74, 6) is 0.745. The van der Waals surface area contributed by atoms with E-state index < -0.39 is 0 Å². The Labute approximate surface area is 69.1 Å². The SMILES string of the molecule is Nc1ncnc(N2CC(O)C2)n1. The fourth-order valence-corrected chi connectivity index (χ4v) is 1.07. The van der Waals surface area contributed by atoms with Crippen LogP contribution in [0.4, 0.5) is 11.9 Å². The van der Waals surface area contributed by atoms with Gasteiger partial charge in [0.05, 0.1) is 6.10 Å². The van der Waals surface area contributed by atoms with Gasteiger partial charge in [0.25, 0.3) is 0 Å². The first-order valence-electron chi connectivity index (χ1n) is 3.63. The maximum absolute atomic E-state index is 9.00. The number of nitrogens with two attached hydrogens (primary N) is 1. The number of hydrogen-bond acceptors (Lipinski definition) is 6. The van der Waals surface area contributed by atoms with E-state index in [2.05, 4.69) is 15.0 Å². The van der Waals surface area contributed by atoms with E-state index in [0.717, 1.165) is 0 Å². The lowest BCUT2D eigenvalue weighted by Crippen LogP contribution is -2.51. The Bertz CT molecular complexity index is 285. The fourth-order valence-electron chi connectivity index (χ4n) is 1.07. The van der Waals surface area contributed by atoms with Crippen molar-refractivity contribution in [2.24, 2.45) is 0 Å². The number of aromatic nitrogens is 3. The summed E-state index contributed by atoms with van der Waals surface area (Å²) in [5.41, 5.74) is 5.36. The van der Waals surface area contributed by atoms with Crippen molar-refractivity contribution in [2.45, 2.75) is 6.10 Å². The van der Waals surface area contributed by atoms with Gasteiger partial charge in [-0.15, -0.1) is 0 Å². The maximum atomic E-state index is 9.00. The highest BCUT2D eigenvalue weighted by Gasteiger charge is 2.26. The minimum atomic E-state index is -0.261. The molecule has 2 heterocycles. The van der Waals surface area contributed by atoms with Gasteiger partial charge in [-0.25, -0.2) is 9.97 Å². The van der Waals surface area contributed by atoms with Gasteiger partial charge in [-0.1, -0.05) is 0 Å². The molecule has 1 aromatic heterocycles. The first kappa shape index (κ1) is 7.23. The molecule has 3 N–H and O–H groups in total. The fraction of sp³-hybridized carbons (Fsp3) is 0.500. The number of nitrogens with zero attached hydrogens (tertiary/aromatic N) is 4. The molecule has 0 saturated carbocycles. The van der Waals surface area contributed by atoms with Crippen molar-refractivity contribution >= 4 is 11.9 Å². The predicted molar refractivity (Wildman–Crippen MR) is 42.5 cm³/mol. The molecule has 12 heavy (non-hydrogen) atoms. The van der Waals surface area contributed by atoms with E-state index in [-0.39, 0.29) is 12.1 Å². The summed E-state index contributed by atoms with van der Waals surface area (Å²) in [7, 11) is 0. The Kier molecular flexibility index (Phi) is 1.54. The van der Waals surface area contributed by atoms with Crippen molar-refractivity contribution in [3.05, 3.63) is 6.33 Å². The van der Waals surface area contributed by atoms with Crippen molar-refractivity contribution in [3.63, 3.8) is 0 Å². The van der Waals surface area contributed by atoms with Gasteiger partial charge in [-0.2, -0.15) is 4.98 Å². The molecular formula is C6H9N5O. The lowest BCUT2D eigenvalue weighted by atomic mass is 10.2. The number of rotatable bonds is 1. The molecule has 0 unspecified atom stereocenters. The van der Waals surface area contributed by atoms with Crippen LogP contribution in [0.1, 0.15) is 0 Å². The molecule has 1 aliphatic rings. The largest absolute Gasteiger partial charge is 0.389 e. The Morgan fingerprint density at radius 2 is 2.25 bits per heavy atom. The molecule has 0 aromatic carbocycles. The summed E-state index contributed by atoms with van der Waals surface area (Å²) < 4.78 is 0. The Balaban J connectivity index is 2.13. The molecule has 64 valence electrons. The van der Waals surface area contributed by atoms with Crippen molar-refractivity contribution in [3.8, 4) is 0 Å². The van der Waals surface area contributed by atoms with Crippen LogP contribution in [0.15, 0.2) is 6.33 Å². The van der Waals surface area contributed by atoms with Crippen LogP contribution in [0, 0.1) is 0 Å². The van der Waals surface area contributed by atoms with Crippen LogP contribution >= 0.6 is 0 Å². The topological polar surface area (TPSA) is 88.2 Å². The van der Waals surface area contributed by atoms with E-state index in [4.69, 9.17) is 10.8 Å². The Morgan fingerprint density at radius 1 is 1.50 bits per heavy atom. The van der Waals surface area contributed by atoms with Gasteiger partial charge in [0.15, 0.2) is 0 Å².